The highest BCUT2D eigenvalue weighted by Gasteiger charge is 2.35. The van der Waals surface area contributed by atoms with Gasteiger partial charge >= 0.3 is 0 Å². The first kappa shape index (κ1) is 33.4. The molecule has 4 rings (SSSR count). The molecule has 0 saturated heterocycles. The lowest BCUT2D eigenvalue weighted by atomic mass is 10.0. The molecule has 0 aromatic heterocycles. The molecule has 234 valence electrons. The van der Waals surface area contributed by atoms with E-state index in [-0.39, 0.29) is 34.3 Å². The van der Waals surface area contributed by atoms with E-state index in [0.29, 0.717) is 17.1 Å². The predicted molar refractivity (Wildman–Crippen MR) is 174 cm³/mol. The first-order valence-corrected chi connectivity index (χ1v) is 16.1. The number of benzene rings is 4. The van der Waals surface area contributed by atoms with Crippen LogP contribution in [0.15, 0.2) is 108 Å². The van der Waals surface area contributed by atoms with Gasteiger partial charge in [0.15, 0.2) is 0 Å². The number of sulfonamides is 1. The molecule has 1 N–H and O–H groups in total. The summed E-state index contributed by atoms with van der Waals surface area (Å²) in [6, 6.07) is 25.2. The normalized spacial score (nSPS) is 11.8. The summed E-state index contributed by atoms with van der Waals surface area (Å²) in [5.74, 6) is -1.14. The summed E-state index contributed by atoms with van der Waals surface area (Å²) in [6.07, 6.45) is 0.132. The molecule has 13 heteroatoms. The minimum atomic E-state index is -4.35. The van der Waals surface area contributed by atoms with E-state index in [9.17, 15) is 28.1 Å². The number of nitro groups is 1. The molecule has 0 fully saturated rings. The lowest BCUT2D eigenvalue weighted by Gasteiger charge is -2.34. The van der Waals surface area contributed by atoms with E-state index >= 15 is 0 Å². The SMILES string of the molecule is CCNC(=O)[C@@H](Cc1ccccc1)N(Cc1ccc(Cl)cc1Cl)C(=O)CN(c1ccc([N+](=O)[O-])cc1)S(=O)(=O)c1ccccc1. The molecule has 0 unspecified atom stereocenters. The van der Waals surface area contributed by atoms with Gasteiger partial charge in [-0.3, -0.25) is 24.0 Å². The molecular weight excluding hydrogens is 639 g/mol. The molecule has 0 aliphatic heterocycles. The number of nitrogens with zero attached hydrogens (tertiary/aromatic N) is 3. The Labute approximate surface area is 271 Å². The average Bonchev–Trinajstić information content (AvgIpc) is 3.03. The Kier molecular flexibility index (Phi) is 11.2. The van der Waals surface area contributed by atoms with Crippen LogP contribution in [0, 0.1) is 10.1 Å². The van der Waals surface area contributed by atoms with Crippen molar-refractivity contribution in [2.45, 2.75) is 30.8 Å². The lowest BCUT2D eigenvalue weighted by molar-refractivity contribution is -0.384. The van der Waals surface area contributed by atoms with Crippen LogP contribution >= 0.6 is 23.2 Å². The molecule has 4 aromatic carbocycles. The van der Waals surface area contributed by atoms with Gasteiger partial charge in [0.2, 0.25) is 11.8 Å². The molecule has 0 radical (unpaired) electrons. The van der Waals surface area contributed by atoms with E-state index in [0.717, 1.165) is 22.0 Å². The predicted octanol–water partition coefficient (Wildman–Crippen LogP) is 5.87. The summed E-state index contributed by atoms with van der Waals surface area (Å²) in [5, 5.41) is 14.7. The van der Waals surface area contributed by atoms with E-state index in [1.807, 2.05) is 30.3 Å². The minimum Gasteiger partial charge on any atom is -0.355 e. The van der Waals surface area contributed by atoms with Gasteiger partial charge in [-0.25, -0.2) is 8.42 Å². The van der Waals surface area contributed by atoms with Gasteiger partial charge in [-0.2, -0.15) is 0 Å². The van der Waals surface area contributed by atoms with Crippen LogP contribution in [0.25, 0.3) is 0 Å². The third kappa shape index (κ3) is 8.39. The standard InChI is InChI=1S/C32H30Cl2N4O6S/c1-2-35-32(40)30(19-23-9-5-3-6-10-23)36(21-24-13-14-25(33)20-29(24)34)31(39)22-37(26-15-17-27(18-16-26)38(41)42)45(43,44)28-11-7-4-8-12-28/h3-18,20,30H,2,19,21-22H2,1H3,(H,35,40)/t30-/m1/s1. The Hall–Kier alpha value is -4.45. The van der Waals surface area contributed by atoms with Gasteiger partial charge in [0.1, 0.15) is 12.6 Å². The van der Waals surface area contributed by atoms with Gasteiger partial charge in [0.05, 0.1) is 15.5 Å². The third-order valence-corrected chi connectivity index (χ3v) is 9.31. The van der Waals surface area contributed by atoms with E-state index in [1.165, 1.54) is 35.2 Å². The third-order valence-electron chi connectivity index (χ3n) is 6.94. The van der Waals surface area contributed by atoms with Gasteiger partial charge < -0.3 is 10.2 Å². The Morgan fingerprint density at radius 2 is 1.53 bits per heavy atom. The van der Waals surface area contributed by atoms with Gasteiger partial charge in [-0.1, -0.05) is 77.8 Å². The second-order valence-electron chi connectivity index (χ2n) is 9.96. The van der Waals surface area contributed by atoms with Crippen LogP contribution in [-0.4, -0.2) is 49.2 Å². The fourth-order valence-corrected chi connectivity index (χ4v) is 6.57. The average molecular weight is 670 g/mol. The molecule has 0 heterocycles. The molecule has 10 nitrogen and oxygen atoms in total. The fraction of sp³-hybridized carbons (Fsp3) is 0.188. The van der Waals surface area contributed by atoms with E-state index in [1.54, 1.807) is 37.3 Å². The molecule has 0 bridgehead atoms. The minimum absolute atomic E-state index is 0.0277. The lowest BCUT2D eigenvalue weighted by Crippen LogP contribution is -2.53. The molecule has 0 spiro atoms. The maximum absolute atomic E-state index is 14.4. The van der Waals surface area contributed by atoms with Crippen LogP contribution in [0.1, 0.15) is 18.1 Å². The number of carbonyl (C=O) groups excluding carboxylic acids is 2. The molecule has 2 amide bonds. The second kappa shape index (κ2) is 15.0. The quantitative estimate of drug-likeness (QED) is 0.140. The number of amides is 2. The van der Waals surface area contributed by atoms with Crippen molar-refractivity contribution in [3.8, 4) is 0 Å². The number of halogens is 2. The summed E-state index contributed by atoms with van der Waals surface area (Å²) in [7, 11) is -4.35. The number of likely N-dealkylation sites (N-methyl/N-ethyl adjacent to an activating group) is 1. The van der Waals surface area contributed by atoms with Crippen LogP contribution < -0.4 is 9.62 Å². The number of hydrogen-bond donors (Lipinski definition) is 1. The van der Waals surface area contributed by atoms with Crippen molar-refractivity contribution in [2.75, 3.05) is 17.4 Å². The van der Waals surface area contributed by atoms with Crippen molar-refractivity contribution in [1.29, 1.82) is 0 Å². The number of nitrogens with one attached hydrogen (secondary N) is 1. The van der Waals surface area contributed by atoms with Crippen LogP contribution in [0.4, 0.5) is 11.4 Å². The molecule has 1 atom stereocenters. The summed E-state index contributed by atoms with van der Waals surface area (Å²) in [5.41, 5.74) is 1.04. The zero-order valence-electron chi connectivity index (χ0n) is 24.2. The monoisotopic (exact) mass is 668 g/mol. The second-order valence-corrected chi connectivity index (χ2v) is 12.7. The van der Waals surface area contributed by atoms with Crippen molar-refractivity contribution in [3.05, 3.63) is 134 Å². The van der Waals surface area contributed by atoms with Gasteiger partial charge in [-0.05, 0) is 54.4 Å². The highest BCUT2D eigenvalue weighted by Crippen LogP contribution is 2.28. The van der Waals surface area contributed by atoms with Crippen molar-refractivity contribution >= 4 is 56.4 Å². The smallest absolute Gasteiger partial charge is 0.269 e. The summed E-state index contributed by atoms with van der Waals surface area (Å²) in [4.78, 5) is 39.8. The highest BCUT2D eigenvalue weighted by atomic mass is 35.5. The Balaban J connectivity index is 1.82. The first-order chi connectivity index (χ1) is 21.5. The van der Waals surface area contributed by atoms with Crippen LogP contribution in [0.5, 0.6) is 0 Å². The number of nitro benzene ring substituents is 1. The molecule has 4 aromatic rings. The van der Waals surface area contributed by atoms with Gasteiger partial charge in [-0.15, -0.1) is 0 Å². The Morgan fingerprint density at radius 3 is 2.11 bits per heavy atom. The van der Waals surface area contributed by atoms with E-state index in [4.69, 9.17) is 23.2 Å². The van der Waals surface area contributed by atoms with E-state index < -0.39 is 39.3 Å². The van der Waals surface area contributed by atoms with E-state index in [2.05, 4.69) is 5.32 Å². The molecule has 0 saturated carbocycles. The Bertz CT molecular complexity index is 1760. The first-order valence-electron chi connectivity index (χ1n) is 13.9. The summed E-state index contributed by atoms with van der Waals surface area (Å²) in [6.45, 7) is 1.20. The van der Waals surface area contributed by atoms with Gasteiger partial charge in [0, 0.05) is 41.7 Å². The van der Waals surface area contributed by atoms with Crippen molar-refractivity contribution in [1.82, 2.24) is 10.2 Å². The fourth-order valence-electron chi connectivity index (χ4n) is 4.67. The number of anilines is 1. The number of carbonyl (C=O) groups is 2. The summed E-state index contributed by atoms with van der Waals surface area (Å²) < 4.78 is 28.8. The topological polar surface area (TPSA) is 130 Å². The van der Waals surface area contributed by atoms with Crippen molar-refractivity contribution in [3.63, 3.8) is 0 Å². The van der Waals surface area contributed by atoms with Gasteiger partial charge in [0.25, 0.3) is 15.7 Å². The molecular formula is C32H30Cl2N4O6S. The molecule has 0 aliphatic carbocycles. The maximum Gasteiger partial charge on any atom is 0.269 e. The molecule has 45 heavy (non-hydrogen) atoms. The Morgan fingerprint density at radius 1 is 0.911 bits per heavy atom. The maximum atomic E-state index is 14.4. The van der Waals surface area contributed by atoms with Crippen LogP contribution in [-0.2, 0) is 32.6 Å². The number of non-ortho nitro benzene ring substituents is 1. The number of rotatable bonds is 13. The highest BCUT2D eigenvalue weighted by molar-refractivity contribution is 7.92. The van der Waals surface area contributed by atoms with Crippen molar-refractivity contribution in [2.24, 2.45) is 0 Å². The summed E-state index contributed by atoms with van der Waals surface area (Å²) >= 11 is 12.6. The van der Waals surface area contributed by atoms with Crippen LogP contribution in [0.2, 0.25) is 10.0 Å². The zero-order chi connectivity index (χ0) is 32.6. The number of hydrogen-bond acceptors (Lipinski definition) is 6. The zero-order valence-corrected chi connectivity index (χ0v) is 26.5. The largest absolute Gasteiger partial charge is 0.355 e. The van der Waals surface area contributed by atoms with Crippen molar-refractivity contribution < 1.29 is 22.9 Å². The molecule has 0 aliphatic rings. The van der Waals surface area contributed by atoms with Crippen LogP contribution in [0.3, 0.4) is 0 Å².